The van der Waals surface area contributed by atoms with Gasteiger partial charge in [0.05, 0.1) is 13.2 Å². The fourth-order valence-electron chi connectivity index (χ4n) is 2.54. The van der Waals surface area contributed by atoms with Crippen molar-refractivity contribution in [2.45, 2.75) is 26.4 Å². The van der Waals surface area contributed by atoms with Crippen LogP contribution in [-0.4, -0.2) is 30.5 Å². The first-order chi connectivity index (χ1) is 11.9. The summed E-state index contributed by atoms with van der Waals surface area (Å²) in [6, 6.07) is 11.4. The minimum Gasteiger partial charge on any atom is -0.494 e. The van der Waals surface area contributed by atoms with Crippen LogP contribution in [0.15, 0.2) is 42.5 Å². The molecule has 0 aromatic heterocycles. The van der Waals surface area contributed by atoms with Gasteiger partial charge in [0.1, 0.15) is 0 Å². The average molecular weight is 365 g/mol. The second-order valence-corrected chi connectivity index (χ2v) is 6.14. The van der Waals surface area contributed by atoms with E-state index in [1.165, 1.54) is 13.2 Å². The molecule has 0 aliphatic rings. The molecule has 0 saturated heterocycles. The molecule has 1 amide bonds. The molecule has 1 atom stereocenters. The molecule has 2 aromatic rings. The van der Waals surface area contributed by atoms with E-state index in [1.807, 2.05) is 18.7 Å². The first kappa shape index (κ1) is 19.2. The smallest absolute Gasteiger partial charge is 0.241 e. The molecule has 0 spiro atoms. The van der Waals surface area contributed by atoms with E-state index < -0.39 is 5.82 Å². The number of hydrogen-bond donors (Lipinski definition) is 1. The van der Waals surface area contributed by atoms with Gasteiger partial charge in [-0.25, -0.2) is 4.39 Å². The zero-order valence-electron chi connectivity index (χ0n) is 14.6. The number of hydrogen-bond acceptors (Lipinski definition) is 3. The van der Waals surface area contributed by atoms with Crippen LogP contribution in [-0.2, 0) is 11.3 Å². The van der Waals surface area contributed by atoms with Crippen LogP contribution in [0, 0.1) is 5.82 Å². The van der Waals surface area contributed by atoms with E-state index in [9.17, 15) is 9.18 Å². The van der Waals surface area contributed by atoms with Gasteiger partial charge in [0, 0.05) is 17.3 Å². The van der Waals surface area contributed by atoms with Gasteiger partial charge in [0.2, 0.25) is 5.91 Å². The number of ether oxygens (including phenoxy) is 1. The van der Waals surface area contributed by atoms with Gasteiger partial charge in [-0.1, -0.05) is 30.7 Å². The van der Waals surface area contributed by atoms with Crippen LogP contribution >= 0.6 is 11.6 Å². The Bertz CT molecular complexity index is 739. The lowest BCUT2D eigenvalue weighted by atomic mass is 10.1. The van der Waals surface area contributed by atoms with Gasteiger partial charge in [0.15, 0.2) is 11.6 Å². The summed E-state index contributed by atoms with van der Waals surface area (Å²) in [5, 5.41) is 3.42. The largest absolute Gasteiger partial charge is 0.494 e. The molecule has 2 aromatic carbocycles. The van der Waals surface area contributed by atoms with E-state index in [0.29, 0.717) is 23.8 Å². The van der Waals surface area contributed by atoms with Gasteiger partial charge in [-0.3, -0.25) is 9.69 Å². The number of methoxy groups -OCH3 is 1. The number of rotatable bonds is 7. The molecule has 0 aliphatic carbocycles. The van der Waals surface area contributed by atoms with Crippen molar-refractivity contribution in [3.8, 4) is 5.75 Å². The predicted molar refractivity (Wildman–Crippen MR) is 98.6 cm³/mol. The molecule has 134 valence electrons. The SMILES string of the molecule is CCN(Cc1ccc(OC)c(F)c1)[C@@H](C)C(=O)Nc1cccc(Cl)c1. The molecular formula is C19H22ClFN2O2. The van der Waals surface area contributed by atoms with Gasteiger partial charge in [-0.15, -0.1) is 0 Å². The number of benzene rings is 2. The van der Waals surface area contributed by atoms with E-state index in [-0.39, 0.29) is 17.7 Å². The molecule has 6 heteroatoms. The van der Waals surface area contributed by atoms with Crippen LogP contribution in [0.2, 0.25) is 5.02 Å². The highest BCUT2D eigenvalue weighted by atomic mass is 35.5. The Morgan fingerprint density at radius 1 is 1.32 bits per heavy atom. The van der Waals surface area contributed by atoms with Crippen molar-refractivity contribution in [3.63, 3.8) is 0 Å². The van der Waals surface area contributed by atoms with E-state index in [2.05, 4.69) is 5.32 Å². The second kappa shape index (κ2) is 8.83. The number of anilines is 1. The number of nitrogens with one attached hydrogen (secondary N) is 1. The van der Waals surface area contributed by atoms with Crippen LogP contribution in [0.1, 0.15) is 19.4 Å². The van der Waals surface area contributed by atoms with Crippen LogP contribution in [0.4, 0.5) is 10.1 Å². The Morgan fingerprint density at radius 2 is 2.08 bits per heavy atom. The highest BCUT2D eigenvalue weighted by molar-refractivity contribution is 6.30. The maximum Gasteiger partial charge on any atom is 0.241 e. The van der Waals surface area contributed by atoms with Crippen molar-refractivity contribution in [3.05, 3.63) is 58.9 Å². The summed E-state index contributed by atoms with van der Waals surface area (Å²) in [6.07, 6.45) is 0. The molecule has 0 fully saturated rings. The number of halogens is 2. The van der Waals surface area contributed by atoms with E-state index >= 15 is 0 Å². The van der Waals surface area contributed by atoms with Crippen molar-refractivity contribution in [1.29, 1.82) is 0 Å². The highest BCUT2D eigenvalue weighted by Crippen LogP contribution is 2.20. The molecule has 0 heterocycles. The molecule has 0 bridgehead atoms. The Labute approximate surface area is 152 Å². The van der Waals surface area contributed by atoms with Crippen LogP contribution in [0.3, 0.4) is 0 Å². The first-order valence-corrected chi connectivity index (χ1v) is 8.45. The van der Waals surface area contributed by atoms with Crippen molar-refractivity contribution in [1.82, 2.24) is 4.90 Å². The number of carbonyl (C=O) groups is 1. The standard InChI is InChI=1S/C19H22ClFN2O2/c1-4-23(12-14-8-9-18(25-3)17(21)10-14)13(2)19(24)22-16-7-5-6-15(20)11-16/h5-11,13H,4,12H2,1-3H3,(H,22,24)/t13-/m0/s1. The number of likely N-dealkylation sites (N-methyl/N-ethyl adjacent to an activating group) is 1. The Morgan fingerprint density at radius 3 is 2.68 bits per heavy atom. The summed E-state index contributed by atoms with van der Waals surface area (Å²) in [4.78, 5) is 14.5. The molecule has 0 unspecified atom stereocenters. The first-order valence-electron chi connectivity index (χ1n) is 8.07. The summed E-state index contributed by atoms with van der Waals surface area (Å²) in [7, 11) is 1.43. The lowest BCUT2D eigenvalue weighted by molar-refractivity contribution is -0.120. The van der Waals surface area contributed by atoms with Crippen LogP contribution in [0.25, 0.3) is 0 Å². The lowest BCUT2D eigenvalue weighted by Crippen LogP contribution is -2.41. The minimum atomic E-state index is -0.410. The third kappa shape index (κ3) is 5.18. The fourth-order valence-corrected chi connectivity index (χ4v) is 2.73. The summed E-state index contributed by atoms with van der Waals surface area (Å²) in [6.45, 7) is 4.89. The van der Waals surface area contributed by atoms with Crippen molar-refractivity contribution in [2.75, 3.05) is 19.0 Å². The molecule has 0 saturated carbocycles. The summed E-state index contributed by atoms with van der Waals surface area (Å²) < 4.78 is 18.8. The van der Waals surface area contributed by atoms with Gasteiger partial charge in [0.25, 0.3) is 0 Å². The van der Waals surface area contributed by atoms with Crippen LogP contribution < -0.4 is 10.1 Å². The molecule has 25 heavy (non-hydrogen) atoms. The number of nitrogens with zero attached hydrogens (tertiary/aromatic N) is 1. The summed E-state index contributed by atoms with van der Waals surface area (Å²) in [5.74, 6) is -0.344. The third-order valence-electron chi connectivity index (χ3n) is 4.03. The van der Waals surface area contributed by atoms with Gasteiger partial charge >= 0.3 is 0 Å². The maximum atomic E-state index is 13.9. The van der Waals surface area contributed by atoms with Gasteiger partial charge < -0.3 is 10.1 Å². The quantitative estimate of drug-likeness (QED) is 0.794. The summed E-state index contributed by atoms with van der Waals surface area (Å²) in [5.41, 5.74) is 1.43. The molecule has 2 rings (SSSR count). The van der Waals surface area contributed by atoms with E-state index in [0.717, 1.165) is 5.56 Å². The van der Waals surface area contributed by atoms with Crippen molar-refractivity contribution in [2.24, 2.45) is 0 Å². The third-order valence-corrected chi connectivity index (χ3v) is 4.26. The van der Waals surface area contributed by atoms with Crippen molar-refractivity contribution >= 4 is 23.2 Å². The molecule has 0 aliphatic heterocycles. The monoisotopic (exact) mass is 364 g/mol. The Balaban J connectivity index is 2.05. The van der Waals surface area contributed by atoms with Gasteiger partial charge in [-0.2, -0.15) is 0 Å². The molecule has 1 N–H and O–H groups in total. The fraction of sp³-hybridized carbons (Fsp3) is 0.316. The van der Waals surface area contributed by atoms with E-state index in [1.54, 1.807) is 36.4 Å². The molecule has 0 radical (unpaired) electrons. The zero-order chi connectivity index (χ0) is 18.4. The van der Waals surface area contributed by atoms with Crippen LogP contribution in [0.5, 0.6) is 5.75 Å². The number of carbonyl (C=O) groups excluding carboxylic acids is 1. The van der Waals surface area contributed by atoms with Crippen molar-refractivity contribution < 1.29 is 13.9 Å². The summed E-state index contributed by atoms with van der Waals surface area (Å²) >= 11 is 5.94. The molecular weight excluding hydrogens is 343 g/mol. The zero-order valence-corrected chi connectivity index (χ0v) is 15.3. The van der Waals surface area contributed by atoms with Gasteiger partial charge in [-0.05, 0) is 49.4 Å². The predicted octanol–water partition coefficient (Wildman–Crippen LogP) is 4.34. The Kier molecular flexibility index (Phi) is 6.79. The second-order valence-electron chi connectivity index (χ2n) is 5.71. The number of amides is 1. The molecule has 4 nitrogen and oxygen atoms in total. The Hall–Kier alpha value is -2.11. The topological polar surface area (TPSA) is 41.6 Å². The average Bonchev–Trinajstić information content (AvgIpc) is 2.59. The highest BCUT2D eigenvalue weighted by Gasteiger charge is 2.21. The van der Waals surface area contributed by atoms with E-state index in [4.69, 9.17) is 16.3 Å². The maximum absolute atomic E-state index is 13.9. The lowest BCUT2D eigenvalue weighted by Gasteiger charge is -2.27. The minimum absolute atomic E-state index is 0.141. The normalized spacial score (nSPS) is 12.1.